The summed E-state index contributed by atoms with van der Waals surface area (Å²) in [5.41, 5.74) is -3.56. The molecular weight excluding hydrogens is 473 g/mol. The Hall–Kier alpha value is -3.40. The molecule has 0 spiro atoms. The van der Waals surface area contributed by atoms with Crippen LogP contribution in [0.1, 0.15) is 33.4 Å². The lowest BCUT2D eigenvalue weighted by Crippen LogP contribution is -2.28. The van der Waals surface area contributed by atoms with Crippen molar-refractivity contribution in [2.24, 2.45) is 7.05 Å². The topological polar surface area (TPSA) is 127 Å². The average Bonchev–Trinajstić information content (AvgIpc) is 3.09. The number of halogens is 3. The van der Waals surface area contributed by atoms with Crippen molar-refractivity contribution in [1.82, 2.24) is 19.1 Å². The average molecular weight is 497 g/mol. The van der Waals surface area contributed by atoms with Gasteiger partial charge in [-0.1, -0.05) is 6.92 Å². The highest BCUT2D eigenvalue weighted by Crippen LogP contribution is 2.34. The second-order valence-electron chi connectivity index (χ2n) is 8.01. The Morgan fingerprint density at radius 3 is 2.44 bits per heavy atom. The van der Waals surface area contributed by atoms with Gasteiger partial charge in [0.1, 0.15) is 28.7 Å². The summed E-state index contributed by atoms with van der Waals surface area (Å²) in [5, 5.41) is 9.21. The number of hydrogen-bond donors (Lipinski definition) is 1. The van der Waals surface area contributed by atoms with E-state index in [1.807, 2.05) is 6.07 Å². The number of aryl methyl sites for hydroxylation is 1. The molecule has 3 aromatic rings. The minimum atomic E-state index is -4.77. The van der Waals surface area contributed by atoms with E-state index in [2.05, 4.69) is 9.97 Å². The number of alkyl halides is 3. The predicted octanol–water partition coefficient (Wildman–Crippen LogP) is 3.94. The molecule has 9 nitrogen and oxygen atoms in total. The summed E-state index contributed by atoms with van der Waals surface area (Å²) in [6.45, 7) is 5.79. The van der Waals surface area contributed by atoms with Gasteiger partial charge in [-0.05, 0) is 26.8 Å². The maximum absolute atomic E-state index is 13.5. The lowest BCUT2D eigenvalue weighted by Gasteiger charge is -2.19. The largest absolute Gasteiger partial charge is 0.471 e. The lowest BCUT2D eigenvalue weighted by atomic mass is 10.2. The third kappa shape index (κ3) is 4.37. The Morgan fingerprint density at radius 2 is 1.91 bits per heavy atom. The summed E-state index contributed by atoms with van der Waals surface area (Å²) in [6.07, 6.45) is -3.53. The number of pyridine rings is 2. The van der Waals surface area contributed by atoms with Crippen LogP contribution in [0.2, 0.25) is 0 Å². The van der Waals surface area contributed by atoms with Crippen molar-refractivity contribution in [3.05, 3.63) is 34.4 Å². The molecule has 0 bridgehead atoms. The van der Waals surface area contributed by atoms with Gasteiger partial charge in [0.05, 0.1) is 26.3 Å². The Morgan fingerprint density at radius 1 is 1.26 bits per heavy atom. The molecule has 1 unspecified atom stereocenters. The summed E-state index contributed by atoms with van der Waals surface area (Å²) in [6, 6.07) is 4.05. The van der Waals surface area contributed by atoms with Gasteiger partial charge in [0.2, 0.25) is 0 Å². The summed E-state index contributed by atoms with van der Waals surface area (Å²) < 4.78 is 69.5. The van der Waals surface area contributed by atoms with Gasteiger partial charge in [-0.2, -0.15) is 18.4 Å². The maximum Gasteiger partial charge on any atom is 0.431 e. The van der Waals surface area contributed by atoms with Crippen LogP contribution < -0.4 is 10.3 Å². The van der Waals surface area contributed by atoms with Crippen LogP contribution in [0.3, 0.4) is 0 Å². The number of hydrogen-bond acceptors (Lipinski definition) is 7. The van der Waals surface area contributed by atoms with Gasteiger partial charge < -0.3 is 13.9 Å². The Balaban J connectivity index is 2.35. The number of imidazole rings is 1. The summed E-state index contributed by atoms with van der Waals surface area (Å²) in [5.74, 6) is -0.0220. The quantitative estimate of drug-likeness (QED) is 0.551. The van der Waals surface area contributed by atoms with Crippen molar-refractivity contribution in [1.29, 1.82) is 10.0 Å². The highest BCUT2D eigenvalue weighted by atomic mass is 32.2. The van der Waals surface area contributed by atoms with E-state index < -0.39 is 32.8 Å². The third-order valence-corrected chi connectivity index (χ3v) is 7.02. The van der Waals surface area contributed by atoms with Crippen LogP contribution in [-0.2, 0) is 29.5 Å². The zero-order chi connectivity index (χ0) is 25.6. The fourth-order valence-electron chi connectivity index (χ4n) is 3.45. The first kappa shape index (κ1) is 25.2. The predicted molar refractivity (Wildman–Crippen MR) is 119 cm³/mol. The molecule has 0 aliphatic carbocycles. The van der Waals surface area contributed by atoms with Crippen molar-refractivity contribution in [2.75, 3.05) is 5.75 Å². The Bertz CT molecular complexity index is 1480. The normalized spacial score (nSPS) is 14.1. The molecule has 1 atom stereocenters. The molecule has 0 saturated carbocycles. The zero-order valence-electron chi connectivity index (χ0n) is 19.1. The minimum absolute atomic E-state index is 0.0244. The van der Waals surface area contributed by atoms with Gasteiger partial charge in [0, 0.05) is 25.4 Å². The maximum atomic E-state index is 13.5. The molecule has 13 heteroatoms. The highest BCUT2D eigenvalue weighted by molar-refractivity contribution is 7.92. The molecule has 0 aromatic carbocycles. The molecular formula is C21H23F3N6O3S. The standard InChI is InChI=1S/C21H23F3N6O3S/c1-6-30-15(21(22,23)24)9-13-17(19(30)31)29(5)18(28-13)16-14(34(26,32)7-2)8-12(10-27-16)33-20(3,4)11-25/h8-10,26H,6-7H2,1-5H3. The van der Waals surface area contributed by atoms with Crippen LogP contribution in [0.5, 0.6) is 5.75 Å². The molecule has 0 aliphatic rings. The molecule has 0 amide bonds. The van der Waals surface area contributed by atoms with E-state index in [-0.39, 0.29) is 45.5 Å². The number of nitriles is 1. The number of rotatable bonds is 6. The van der Waals surface area contributed by atoms with Crippen LogP contribution in [0.15, 0.2) is 28.0 Å². The first-order valence-corrected chi connectivity index (χ1v) is 11.9. The van der Waals surface area contributed by atoms with Crippen LogP contribution in [-0.4, -0.2) is 34.7 Å². The molecule has 0 fully saturated rings. The van der Waals surface area contributed by atoms with Crippen molar-refractivity contribution in [2.45, 2.75) is 50.9 Å². The molecule has 0 saturated heterocycles. The second kappa shape index (κ2) is 8.43. The fourth-order valence-corrected chi connectivity index (χ4v) is 4.53. The minimum Gasteiger partial charge on any atom is -0.471 e. The molecule has 182 valence electrons. The smallest absolute Gasteiger partial charge is 0.431 e. The van der Waals surface area contributed by atoms with Gasteiger partial charge in [0.25, 0.3) is 5.56 Å². The number of aromatic nitrogens is 4. The van der Waals surface area contributed by atoms with Crippen LogP contribution in [0, 0.1) is 16.1 Å². The summed E-state index contributed by atoms with van der Waals surface area (Å²) >= 11 is 0. The number of nitrogens with zero attached hydrogens (tertiary/aromatic N) is 5. The molecule has 0 radical (unpaired) electrons. The molecule has 1 N–H and O–H groups in total. The van der Waals surface area contributed by atoms with E-state index in [0.717, 1.165) is 6.07 Å². The molecule has 34 heavy (non-hydrogen) atoms. The number of fused-ring (bicyclic) bond motifs is 1. The summed E-state index contributed by atoms with van der Waals surface area (Å²) in [4.78, 5) is 21.3. The van der Waals surface area contributed by atoms with E-state index in [9.17, 15) is 27.4 Å². The van der Waals surface area contributed by atoms with E-state index in [0.29, 0.717) is 4.57 Å². The number of ether oxygens (including phenoxy) is 1. The van der Waals surface area contributed by atoms with Gasteiger partial charge in [0.15, 0.2) is 11.4 Å². The summed E-state index contributed by atoms with van der Waals surface area (Å²) in [7, 11) is -1.98. The molecule has 3 heterocycles. The fraction of sp³-hybridized carbons (Fsp3) is 0.429. The van der Waals surface area contributed by atoms with Gasteiger partial charge >= 0.3 is 6.18 Å². The van der Waals surface area contributed by atoms with Crippen molar-refractivity contribution in [3.8, 4) is 23.3 Å². The second-order valence-corrected chi connectivity index (χ2v) is 10.4. The Kier molecular flexibility index (Phi) is 6.25. The van der Waals surface area contributed by atoms with Gasteiger partial charge in [-0.15, -0.1) is 0 Å². The lowest BCUT2D eigenvalue weighted by molar-refractivity contribution is -0.144. The van der Waals surface area contributed by atoms with Crippen molar-refractivity contribution in [3.63, 3.8) is 0 Å². The van der Waals surface area contributed by atoms with E-state index >= 15 is 0 Å². The SMILES string of the molecule is CCn1c(C(F)(F)F)cc2nc(-c3ncc(OC(C)(C)C#N)cc3S(=N)(=O)CC)n(C)c2c1=O. The zero-order valence-corrected chi connectivity index (χ0v) is 20.0. The third-order valence-electron chi connectivity index (χ3n) is 5.18. The molecule has 3 rings (SSSR count). The van der Waals surface area contributed by atoms with Crippen molar-refractivity contribution >= 4 is 20.8 Å². The van der Waals surface area contributed by atoms with Gasteiger partial charge in [-0.3, -0.25) is 4.79 Å². The molecule has 0 aliphatic heterocycles. The monoisotopic (exact) mass is 496 g/mol. The van der Waals surface area contributed by atoms with Crippen molar-refractivity contribution < 1.29 is 22.1 Å². The van der Waals surface area contributed by atoms with Crippen LogP contribution in [0.4, 0.5) is 13.2 Å². The van der Waals surface area contributed by atoms with E-state index in [1.165, 1.54) is 51.6 Å². The molecule has 3 aromatic heterocycles. The first-order chi connectivity index (χ1) is 15.7. The highest BCUT2D eigenvalue weighted by Gasteiger charge is 2.36. The number of nitrogens with one attached hydrogen (secondary N) is 1. The van der Waals surface area contributed by atoms with Crippen LogP contribution >= 0.6 is 0 Å². The van der Waals surface area contributed by atoms with E-state index in [4.69, 9.17) is 9.52 Å². The Labute approximate surface area is 193 Å². The van der Waals surface area contributed by atoms with Gasteiger partial charge in [-0.25, -0.2) is 19.0 Å². The van der Waals surface area contributed by atoms with E-state index in [1.54, 1.807) is 0 Å². The first-order valence-electron chi connectivity index (χ1n) is 10.2. The van der Waals surface area contributed by atoms with Crippen LogP contribution in [0.25, 0.3) is 22.6 Å².